The molecule has 1 aromatic heterocycles. The maximum atomic E-state index is 13.3. The summed E-state index contributed by atoms with van der Waals surface area (Å²) in [5.74, 6) is -0.275. The first-order chi connectivity index (χ1) is 10.9. The number of nitrogens with one attached hydrogen (secondary N) is 1. The van der Waals surface area contributed by atoms with Gasteiger partial charge in [0.05, 0.1) is 0 Å². The van der Waals surface area contributed by atoms with Gasteiger partial charge in [0, 0.05) is 49.3 Å². The molecule has 0 radical (unpaired) electrons. The summed E-state index contributed by atoms with van der Waals surface area (Å²) >= 11 is 0. The van der Waals surface area contributed by atoms with Crippen LogP contribution in [0.25, 0.3) is 16.5 Å². The fourth-order valence-electron chi connectivity index (χ4n) is 2.83. The van der Waals surface area contributed by atoms with Gasteiger partial charge in [-0.1, -0.05) is 13.0 Å². The molecule has 0 fully saturated rings. The smallest absolute Gasteiger partial charge is 0.282 e. The predicted molar refractivity (Wildman–Crippen MR) is 89.6 cm³/mol. The molecule has 0 aliphatic carbocycles. The monoisotopic (exact) mass is 337 g/mol. The number of benzene rings is 1. The molecule has 0 saturated heterocycles. The molecule has 7 heteroatoms. The van der Waals surface area contributed by atoms with E-state index in [4.69, 9.17) is 0 Å². The molecule has 124 valence electrons. The summed E-state index contributed by atoms with van der Waals surface area (Å²) in [6, 6.07) is 4.66. The van der Waals surface area contributed by atoms with Crippen LogP contribution in [-0.2, 0) is 10.2 Å². The molecule has 0 saturated carbocycles. The average Bonchev–Trinajstić information content (AvgIpc) is 2.97. The second kappa shape index (κ2) is 6.07. The lowest BCUT2D eigenvalue weighted by molar-refractivity contribution is 0.382. The van der Waals surface area contributed by atoms with Crippen molar-refractivity contribution in [1.82, 2.24) is 13.6 Å². The highest BCUT2D eigenvalue weighted by molar-refractivity contribution is 7.86. The molecule has 0 atom stereocenters. The lowest BCUT2D eigenvalue weighted by Gasteiger charge is -2.29. The fraction of sp³-hybridized carbons (Fsp3) is 0.375. The van der Waals surface area contributed by atoms with Gasteiger partial charge in [0.25, 0.3) is 10.2 Å². The molecule has 1 aromatic carbocycles. The molecule has 3 rings (SSSR count). The molecule has 23 heavy (non-hydrogen) atoms. The lowest BCUT2D eigenvalue weighted by atomic mass is 10.00. The normalized spacial score (nSPS) is 17.0. The summed E-state index contributed by atoms with van der Waals surface area (Å²) in [5.41, 5.74) is 2.86. The van der Waals surface area contributed by atoms with E-state index in [-0.39, 0.29) is 5.82 Å². The van der Waals surface area contributed by atoms with E-state index in [1.165, 1.54) is 20.7 Å². The second-order valence-corrected chi connectivity index (χ2v) is 7.69. The minimum atomic E-state index is -3.39. The van der Waals surface area contributed by atoms with Crippen molar-refractivity contribution in [2.24, 2.45) is 0 Å². The number of aromatic nitrogens is 1. The van der Waals surface area contributed by atoms with E-state index in [2.05, 4.69) is 4.98 Å². The van der Waals surface area contributed by atoms with E-state index in [0.29, 0.717) is 26.1 Å². The van der Waals surface area contributed by atoms with Crippen LogP contribution in [0.15, 0.2) is 30.5 Å². The molecule has 2 aromatic rings. The zero-order chi connectivity index (χ0) is 16.6. The van der Waals surface area contributed by atoms with E-state index in [9.17, 15) is 12.8 Å². The predicted octanol–water partition coefficient (Wildman–Crippen LogP) is 2.59. The van der Waals surface area contributed by atoms with E-state index < -0.39 is 10.2 Å². The largest absolute Gasteiger partial charge is 0.360 e. The summed E-state index contributed by atoms with van der Waals surface area (Å²) in [6.07, 6.45) is 4.44. The summed E-state index contributed by atoms with van der Waals surface area (Å²) in [5, 5.41) is 0.958. The van der Waals surface area contributed by atoms with Crippen molar-refractivity contribution in [3.8, 4) is 0 Å². The Morgan fingerprint density at radius 1 is 1.39 bits per heavy atom. The Balaban J connectivity index is 1.86. The van der Waals surface area contributed by atoms with Gasteiger partial charge in [-0.25, -0.2) is 4.39 Å². The topological polar surface area (TPSA) is 56.4 Å². The summed E-state index contributed by atoms with van der Waals surface area (Å²) in [4.78, 5) is 3.07. The third-order valence-corrected chi connectivity index (χ3v) is 6.36. The van der Waals surface area contributed by atoms with Crippen LogP contribution in [0, 0.1) is 5.82 Å². The molecular formula is C16H20FN3O2S. The fourth-order valence-corrected chi connectivity index (χ4v) is 4.13. The Hall–Kier alpha value is -1.70. The molecule has 0 unspecified atom stereocenters. The Kier molecular flexibility index (Phi) is 4.27. The van der Waals surface area contributed by atoms with Crippen molar-refractivity contribution < 1.29 is 12.8 Å². The standard InChI is InChI=1S/C16H20FN3O2S/c1-3-19(2)23(21,22)20-8-6-12(7-9-20)15-11-18-16-10-13(17)4-5-14(15)16/h4-6,10-11,18H,3,7-9H2,1-2H3. The molecule has 1 aliphatic heterocycles. The number of aromatic amines is 1. The van der Waals surface area contributed by atoms with Crippen molar-refractivity contribution in [2.75, 3.05) is 26.7 Å². The molecule has 0 bridgehead atoms. The minimum absolute atomic E-state index is 0.275. The third-order valence-electron chi connectivity index (χ3n) is 4.33. The van der Waals surface area contributed by atoms with Gasteiger partial charge >= 0.3 is 0 Å². The van der Waals surface area contributed by atoms with Crippen LogP contribution in [-0.4, -0.2) is 48.7 Å². The van der Waals surface area contributed by atoms with Crippen LogP contribution in [0.4, 0.5) is 4.39 Å². The van der Waals surface area contributed by atoms with E-state index in [1.54, 1.807) is 13.1 Å². The van der Waals surface area contributed by atoms with Gasteiger partial charge in [-0.15, -0.1) is 0 Å². The SMILES string of the molecule is CCN(C)S(=O)(=O)N1CC=C(c2c[nH]c3cc(F)ccc23)CC1. The number of hydrogen-bond acceptors (Lipinski definition) is 2. The zero-order valence-corrected chi connectivity index (χ0v) is 14.0. The first-order valence-electron chi connectivity index (χ1n) is 7.61. The highest BCUT2D eigenvalue weighted by Gasteiger charge is 2.27. The Morgan fingerprint density at radius 3 is 2.83 bits per heavy atom. The number of fused-ring (bicyclic) bond motifs is 1. The van der Waals surface area contributed by atoms with Crippen LogP contribution >= 0.6 is 0 Å². The first kappa shape index (κ1) is 16.2. The third kappa shape index (κ3) is 2.91. The van der Waals surface area contributed by atoms with Crippen LogP contribution in [0.1, 0.15) is 18.9 Å². The summed E-state index contributed by atoms with van der Waals surface area (Å²) in [7, 11) is -1.80. The zero-order valence-electron chi connectivity index (χ0n) is 13.2. The average molecular weight is 337 g/mol. The van der Waals surface area contributed by atoms with Gasteiger partial charge in [0.15, 0.2) is 0 Å². The van der Waals surface area contributed by atoms with Crippen LogP contribution in [0.3, 0.4) is 0 Å². The first-order valence-corrected chi connectivity index (χ1v) is 9.00. The highest BCUT2D eigenvalue weighted by atomic mass is 32.2. The number of halogens is 1. The Bertz CT molecular complexity index is 857. The Morgan fingerprint density at radius 2 is 2.17 bits per heavy atom. The molecule has 1 aliphatic rings. The van der Waals surface area contributed by atoms with Crippen molar-refractivity contribution in [2.45, 2.75) is 13.3 Å². The van der Waals surface area contributed by atoms with Gasteiger partial charge in [-0.2, -0.15) is 17.0 Å². The van der Waals surface area contributed by atoms with Gasteiger partial charge in [0.1, 0.15) is 5.82 Å². The quantitative estimate of drug-likeness (QED) is 0.932. The van der Waals surface area contributed by atoms with Crippen molar-refractivity contribution in [1.29, 1.82) is 0 Å². The second-order valence-electron chi connectivity index (χ2n) is 5.65. The summed E-state index contributed by atoms with van der Waals surface area (Å²) in [6.45, 7) is 3.07. The van der Waals surface area contributed by atoms with Gasteiger partial charge in [0.2, 0.25) is 0 Å². The number of rotatable bonds is 4. The minimum Gasteiger partial charge on any atom is -0.360 e. The molecule has 2 heterocycles. The molecule has 0 spiro atoms. The highest BCUT2D eigenvalue weighted by Crippen LogP contribution is 2.30. The van der Waals surface area contributed by atoms with Gasteiger partial charge in [-0.3, -0.25) is 0 Å². The van der Waals surface area contributed by atoms with Crippen LogP contribution in [0.2, 0.25) is 0 Å². The van der Waals surface area contributed by atoms with Crippen LogP contribution in [0.5, 0.6) is 0 Å². The Labute approximate surface area is 135 Å². The molecule has 5 nitrogen and oxygen atoms in total. The number of H-pyrrole nitrogens is 1. The van der Waals surface area contributed by atoms with Crippen LogP contribution < -0.4 is 0 Å². The van der Waals surface area contributed by atoms with Gasteiger partial charge in [-0.05, 0) is 30.2 Å². The maximum Gasteiger partial charge on any atom is 0.282 e. The maximum absolute atomic E-state index is 13.3. The molecular weight excluding hydrogens is 317 g/mol. The summed E-state index contributed by atoms with van der Waals surface area (Å²) < 4.78 is 40.8. The number of hydrogen-bond donors (Lipinski definition) is 1. The van der Waals surface area contributed by atoms with Crippen molar-refractivity contribution in [3.63, 3.8) is 0 Å². The number of nitrogens with zero attached hydrogens (tertiary/aromatic N) is 2. The van der Waals surface area contributed by atoms with E-state index >= 15 is 0 Å². The van der Waals surface area contributed by atoms with Crippen molar-refractivity contribution in [3.05, 3.63) is 41.9 Å². The van der Waals surface area contributed by atoms with E-state index in [1.807, 2.05) is 19.2 Å². The molecule has 1 N–H and O–H groups in total. The van der Waals surface area contributed by atoms with E-state index in [0.717, 1.165) is 22.0 Å². The lowest BCUT2D eigenvalue weighted by Crippen LogP contribution is -2.43. The van der Waals surface area contributed by atoms with Crippen molar-refractivity contribution >= 4 is 26.7 Å². The molecule has 0 amide bonds. The van der Waals surface area contributed by atoms with Gasteiger partial charge < -0.3 is 4.98 Å².